The van der Waals surface area contributed by atoms with E-state index < -0.39 is 60.8 Å². The van der Waals surface area contributed by atoms with E-state index in [1.54, 1.807) is 0 Å². The second-order valence-corrected chi connectivity index (χ2v) is 11.0. The Kier molecular flexibility index (Phi) is 8.15. The van der Waals surface area contributed by atoms with Crippen LogP contribution >= 0.6 is 23.5 Å². The van der Waals surface area contributed by atoms with Gasteiger partial charge in [-0.05, 0) is 5.53 Å². The fourth-order valence-electron chi connectivity index (χ4n) is 2.98. The van der Waals surface area contributed by atoms with E-state index >= 15 is 0 Å². The summed E-state index contributed by atoms with van der Waals surface area (Å²) in [4.78, 5) is 60.7. The van der Waals surface area contributed by atoms with Crippen LogP contribution in [0.3, 0.4) is 0 Å². The van der Waals surface area contributed by atoms with Gasteiger partial charge in [0.25, 0.3) is 5.56 Å². The van der Waals surface area contributed by atoms with Crippen LogP contribution in [0.4, 0.5) is 5.95 Å². The summed E-state index contributed by atoms with van der Waals surface area (Å²) >= 11 is 0. The number of fused-ring (bicyclic) bond motifs is 1. The quantitative estimate of drug-likeness (QED) is 0.0907. The van der Waals surface area contributed by atoms with Crippen molar-refractivity contribution in [3.63, 3.8) is 0 Å². The maximum absolute atomic E-state index is 12.0. The van der Waals surface area contributed by atoms with Crippen LogP contribution in [0.15, 0.2) is 16.2 Å². The van der Waals surface area contributed by atoms with Gasteiger partial charge in [-0.1, -0.05) is 5.11 Å². The third kappa shape index (κ3) is 7.39. The van der Waals surface area contributed by atoms with Gasteiger partial charge in [0.15, 0.2) is 11.2 Å². The first kappa shape index (κ1) is 27.4. The van der Waals surface area contributed by atoms with Crippen LogP contribution in [0.5, 0.6) is 0 Å². The van der Waals surface area contributed by atoms with Crippen molar-refractivity contribution in [3.8, 4) is 0 Å². The smallest absolute Gasteiger partial charge is 0.369 e. The number of nitrogens with one attached hydrogen (secondary N) is 1. The molecule has 24 heteroatoms. The van der Waals surface area contributed by atoms with Crippen LogP contribution in [-0.4, -0.2) is 64.6 Å². The van der Waals surface area contributed by atoms with E-state index in [0.717, 1.165) is 0 Å². The molecule has 2 aromatic rings. The van der Waals surface area contributed by atoms with E-state index in [-0.39, 0.29) is 23.5 Å². The number of ether oxygens (including phenoxy) is 2. The predicted octanol–water partition coefficient (Wildman–Crippen LogP) is -0.0144. The van der Waals surface area contributed by atoms with E-state index in [0.29, 0.717) is 0 Å². The Bertz CT molecular complexity index is 1330. The minimum atomic E-state index is -5.72. The number of imidazole rings is 1. The second-order valence-electron chi connectivity index (χ2n) is 6.59. The number of rotatable bonds is 11. The number of phosphoric ester groups is 1. The van der Waals surface area contributed by atoms with Crippen LogP contribution in [0.1, 0.15) is 12.6 Å². The summed E-state index contributed by atoms with van der Waals surface area (Å²) in [5, 5.41) is 3.20. The Morgan fingerprint density at radius 1 is 1.29 bits per heavy atom. The molecule has 0 bridgehead atoms. The molecule has 2 aromatic heterocycles. The molecule has 2 unspecified atom stereocenters. The summed E-state index contributed by atoms with van der Waals surface area (Å²) < 4.78 is 58.4. The summed E-state index contributed by atoms with van der Waals surface area (Å²) in [6.45, 7) is -1.30. The third-order valence-electron chi connectivity index (χ3n) is 4.17. The largest absolute Gasteiger partial charge is 0.490 e. The minimum absolute atomic E-state index is 0.00871. The zero-order chi connectivity index (χ0) is 26.0. The highest BCUT2D eigenvalue weighted by molar-refractivity contribution is 7.66. The van der Waals surface area contributed by atoms with E-state index in [9.17, 15) is 28.3 Å². The van der Waals surface area contributed by atoms with Crippen LogP contribution in [0.2, 0.25) is 0 Å². The predicted molar refractivity (Wildman–Crippen MR) is 110 cm³/mol. The molecule has 0 aliphatic carbocycles. The highest BCUT2D eigenvalue weighted by Crippen LogP contribution is 2.66. The monoisotopic (exact) mass is 562 g/mol. The Morgan fingerprint density at radius 2 is 2.00 bits per heavy atom. The Morgan fingerprint density at radius 3 is 2.66 bits per heavy atom. The fraction of sp³-hybridized carbons (Fsp3) is 0.545. The van der Waals surface area contributed by atoms with Crippen LogP contribution in [0.25, 0.3) is 21.6 Å². The zero-order valence-electron chi connectivity index (χ0n) is 17.0. The number of nitrogens with two attached hydrogens (primary N) is 1. The molecule has 0 saturated carbocycles. The van der Waals surface area contributed by atoms with Gasteiger partial charge in [0.2, 0.25) is 5.95 Å². The number of nitrogen functional groups attached to an aromatic ring is 1. The van der Waals surface area contributed by atoms with E-state index in [1.807, 2.05) is 0 Å². The van der Waals surface area contributed by atoms with Gasteiger partial charge in [-0.15, -0.1) is 0 Å². The van der Waals surface area contributed by atoms with Gasteiger partial charge >= 0.3 is 23.5 Å². The number of hydrogen-bond acceptors (Lipinski definition) is 13. The number of H-pyrrole nitrogens is 1. The molecule has 5 atom stereocenters. The molecule has 0 spiro atoms. The Hall–Kier alpha value is -2.21. The van der Waals surface area contributed by atoms with Gasteiger partial charge < -0.3 is 34.8 Å². The number of azide groups is 1. The number of aromatic nitrogens is 4. The lowest BCUT2D eigenvalue weighted by Crippen LogP contribution is -2.29. The van der Waals surface area contributed by atoms with E-state index in [1.165, 1.54) is 10.9 Å². The van der Waals surface area contributed by atoms with Crippen LogP contribution in [0, 0.1) is 0 Å². The van der Waals surface area contributed by atoms with Gasteiger partial charge in [0.05, 0.1) is 19.0 Å². The highest BCUT2D eigenvalue weighted by Gasteiger charge is 2.43. The molecule has 1 aliphatic rings. The van der Waals surface area contributed by atoms with Crippen molar-refractivity contribution in [1.29, 1.82) is 0 Å². The molecule has 35 heavy (non-hydrogen) atoms. The van der Waals surface area contributed by atoms with Gasteiger partial charge in [0, 0.05) is 11.3 Å². The van der Waals surface area contributed by atoms with Crippen molar-refractivity contribution < 1.29 is 55.9 Å². The van der Waals surface area contributed by atoms with Crippen molar-refractivity contribution in [3.05, 3.63) is 27.1 Å². The SMILES string of the molecule is [N-]=[N+]=NCO[C@@H]1C[C@H](n2cnc3c(=O)[nH]c(N)nc32)O[C@@H]1COP(=O)(O)OP(=O)(O)OP(=O)(O)O. The third-order valence-corrected chi connectivity index (χ3v) is 7.97. The fourth-order valence-corrected chi connectivity index (χ4v) is 6.01. The molecule has 3 rings (SSSR count). The van der Waals surface area contributed by atoms with E-state index in [2.05, 4.69) is 38.1 Å². The maximum Gasteiger partial charge on any atom is 0.490 e. The minimum Gasteiger partial charge on any atom is -0.369 e. The summed E-state index contributed by atoms with van der Waals surface area (Å²) in [7, 11) is -16.7. The number of nitrogens with zero attached hydrogens (tertiary/aromatic N) is 6. The molecule has 0 aromatic carbocycles. The Balaban J connectivity index is 1.76. The zero-order valence-corrected chi connectivity index (χ0v) is 19.7. The number of anilines is 1. The van der Waals surface area contributed by atoms with Gasteiger partial charge in [-0.3, -0.25) is 18.9 Å². The summed E-state index contributed by atoms with van der Waals surface area (Å²) in [5.41, 5.74) is 13.3. The van der Waals surface area contributed by atoms with E-state index in [4.69, 9.17) is 30.5 Å². The molecule has 7 N–H and O–H groups in total. The molecule has 1 saturated heterocycles. The topological polar surface area (TPSA) is 317 Å². The lowest BCUT2D eigenvalue weighted by atomic mass is 10.2. The molecule has 1 fully saturated rings. The van der Waals surface area contributed by atoms with Crippen molar-refractivity contribution in [2.24, 2.45) is 5.11 Å². The first-order chi connectivity index (χ1) is 16.2. The molecule has 1 aliphatic heterocycles. The summed E-state index contributed by atoms with van der Waals surface area (Å²) in [6.07, 6.45) is -1.90. The van der Waals surface area contributed by atoms with Gasteiger partial charge in [-0.25, -0.2) is 18.7 Å². The van der Waals surface area contributed by atoms with Gasteiger partial charge in [0.1, 0.15) is 19.1 Å². The molecule has 21 nitrogen and oxygen atoms in total. The van der Waals surface area contributed by atoms with Crippen LogP contribution in [-0.2, 0) is 36.3 Å². The molecule has 0 radical (unpaired) electrons. The highest BCUT2D eigenvalue weighted by atomic mass is 31.3. The standard InChI is InChI=1S/C11H17N8O13P3/c12-11-16-9-8(10(20)17-11)14-3-19(9)7-1-5(28-4-15-18-13)6(30-7)2-29-34(24,25)32-35(26,27)31-33(21,22)23/h3,5-7H,1-2,4H2,(H,24,25)(H,26,27)(H2,21,22,23)(H3,12,16,17,20)/t5-,6-,7-/m1/s1. The second kappa shape index (κ2) is 10.4. The van der Waals surface area contributed by atoms with Crippen molar-refractivity contribution in [2.45, 2.75) is 24.9 Å². The Labute approximate surface area is 192 Å². The van der Waals surface area contributed by atoms with Gasteiger partial charge in [-0.2, -0.15) is 13.6 Å². The molecule has 0 amide bonds. The van der Waals surface area contributed by atoms with Crippen LogP contribution < -0.4 is 11.3 Å². The lowest BCUT2D eigenvalue weighted by molar-refractivity contribution is -0.0583. The molecular formula is C11H17N8O13P3. The van der Waals surface area contributed by atoms with Crippen molar-refractivity contribution in [1.82, 2.24) is 19.5 Å². The summed E-state index contributed by atoms with van der Waals surface area (Å²) in [6, 6.07) is 0. The van der Waals surface area contributed by atoms with Crippen molar-refractivity contribution in [2.75, 3.05) is 19.1 Å². The first-order valence-corrected chi connectivity index (χ1v) is 13.5. The average Bonchev–Trinajstić information content (AvgIpc) is 3.28. The number of hydrogen-bond donors (Lipinski definition) is 6. The lowest BCUT2D eigenvalue weighted by Gasteiger charge is -2.20. The number of aromatic amines is 1. The first-order valence-electron chi connectivity index (χ1n) is 8.98. The normalized spacial score (nSPS) is 24.1. The average molecular weight is 562 g/mol. The molecule has 194 valence electrons. The van der Waals surface area contributed by atoms with Crippen molar-refractivity contribution >= 4 is 40.6 Å². The molecule has 3 heterocycles. The number of phosphoric acid groups is 3. The maximum atomic E-state index is 12.0. The molecular weight excluding hydrogens is 545 g/mol. The summed E-state index contributed by atoms with van der Waals surface area (Å²) in [5.74, 6) is -0.206.